The van der Waals surface area contributed by atoms with Crippen LogP contribution < -0.4 is 11.5 Å². The lowest BCUT2D eigenvalue weighted by molar-refractivity contribution is 1.29. The zero-order chi connectivity index (χ0) is 17.1. The van der Waals surface area contributed by atoms with Crippen LogP contribution in [0.1, 0.15) is 11.1 Å². The van der Waals surface area contributed by atoms with Gasteiger partial charge in [0.15, 0.2) is 0 Å². The van der Waals surface area contributed by atoms with E-state index in [1.807, 2.05) is 24.3 Å². The van der Waals surface area contributed by atoms with Crippen LogP contribution in [0, 0.1) is 10.8 Å². The molecule has 118 valence electrons. The first-order valence-corrected chi connectivity index (χ1v) is 7.26. The molecule has 0 spiro atoms. The number of hydrogen-bond acceptors (Lipinski definition) is 4. The van der Waals surface area contributed by atoms with E-state index in [1.165, 1.54) is 0 Å². The Kier molecular flexibility index (Phi) is 4.03. The van der Waals surface area contributed by atoms with Gasteiger partial charge in [-0.25, -0.2) is 0 Å². The molecular weight excluding hydrogens is 300 g/mol. The summed E-state index contributed by atoms with van der Waals surface area (Å²) in [5.74, 6) is 0.0104. The van der Waals surface area contributed by atoms with Crippen molar-refractivity contribution in [1.29, 1.82) is 10.8 Å². The maximum atomic E-state index is 7.54. The molecule has 1 aromatic carbocycles. The first-order chi connectivity index (χ1) is 11.5. The highest BCUT2D eigenvalue weighted by atomic mass is 14.7. The lowest BCUT2D eigenvalue weighted by Crippen LogP contribution is -2.11. The molecule has 0 amide bonds. The summed E-state index contributed by atoms with van der Waals surface area (Å²) in [6.45, 7) is 0. The molecule has 3 rings (SSSR count). The van der Waals surface area contributed by atoms with Crippen LogP contribution in [0.25, 0.3) is 22.5 Å². The van der Waals surface area contributed by atoms with Gasteiger partial charge in [0, 0.05) is 34.6 Å². The molecule has 24 heavy (non-hydrogen) atoms. The number of hydrogen-bond donors (Lipinski definition) is 4. The van der Waals surface area contributed by atoms with Crippen molar-refractivity contribution >= 4 is 11.7 Å². The van der Waals surface area contributed by atoms with E-state index in [0.717, 1.165) is 22.5 Å². The zero-order valence-electron chi connectivity index (χ0n) is 12.8. The molecule has 0 aliphatic heterocycles. The first-order valence-electron chi connectivity index (χ1n) is 7.26. The fourth-order valence-electron chi connectivity index (χ4n) is 2.35. The van der Waals surface area contributed by atoms with Crippen molar-refractivity contribution in [1.82, 2.24) is 9.97 Å². The minimum atomic E-state index is 0.00521. The van der Waals surface area contributed by atoms with E-state index in [1.54, 1.807) is 36.7 Å². The number of rotatable bonds is 4. The van der Waals surface area contributed by atoms with Gasteiger partial charge in [0.05, 0.1) is 11.4 Å². The second-order valence-corrected chi connectivity index (χ2v) is 5.27. The van der Waals surface area contributed by atoms with E-state index in [0.29, 0.717) is 11.1 Å². The Morgan fingerprint density at radius 1 is 0.708 bits per heavy atom. The number of benzene rings is 1. The van der Waals surface area contributed by atoms with Gasteiger partial charge in [0.1, 0.15) is 11.7 Å². The second kappa shape index (κ2) is 6.29. The normalized spacial score (nSPS) is 10.3. The van der Waals surface area contributed by atoms with Gasteiger partial charge in [-0.15, -0.1) is 0 Å². The van der Waals surface area contributed by atoms with Crippen molar-refractivity contribution in [2.75, 3.05) is 0 Å². The zero-order valence-corrected chi connectivity index (χ0v) is 12.8. The molecule has 0 radical (unpaired) electrons. The maximum absolute atomic E-state index is 7.54. The van der Waals surface area contributed by atoms with Crippen LogP contribution in [0.3, 0.4) is 0 Å². The third kappa shape index (κ3) is 3.12. The maximum Gasteiger partial charge on any atom is 0.122 e. The first kappa shape index (κ1) is 15.4. The number of nitrogens with zero attached hydrogens (tertiary/aromatic N) is 2. The van der Waals surface area contributed by atoms with E-state index >= 15 is 0 Å². The minimum absolute atomic E-state index is 0.00521. The molecule has 0 fully saturated rings. The Morgan fingerprint density at radius 2 is 1.17 bits per heavy atom. The van der Waals surface area contributed by atoms with E-state index < -0.39 is 0 Å². The minimum Gasteiger partial charge on any atom is -0.384 e. The quantitative estimate of drug-likeness (QED) is 0.435. The summed E-state index contributed by atoms with van der Waals surface area (Å²) in [5, 5.41) is 15.1. The summed E-state index contributed by atoms with van der Waals surface area (Å²) in [6.07, 6.45) is 3.26. The van der Waals surface area contributed by atoms with E-state index in [2.05, 4.69) is 9.97 Å². The van der Waals surface area contributed by atoms with Crippen molar-refractivity contribution in [3.63, 3.8) is 0 Å². The molecule has 6 nitrogen and oxygen atoms in total. The Labute approximate surface area is 139 Å². The number of pyridine rings is 2. The lowest BCUT2D eigenvalue weighted by Gasteiger charge is -2.07. The average Bonchev–Trinajstić information content (AvgIpc) is 2.62. The third-order valence-corrected chi connectivity index (χ3v) is 3.60. The van der Waals surface area contributed by atoms with Crippen molar-refractivity contribution < 1.29 is 0 Å². The molecule has 0 aliphatic rings. The highest BCUT2D eigenvalue weighted by molar-refractivity contribution is 5.96. The van der Waals surface area contributed by atoms with Crippen LogP contribution in [-0.4, -0.2) is 21.6 Å². The molecule has 0 saturated carbocycles. The largest absolute Gasteiger partial charge is 0.384 e. The summed E-state index contributed by atoms with van der Waals surface area (Å²) in [4.78, 5) is 8.69. The smallest absolute Gasteiger partial charge is 0.122 e. The van der Waals surface area contributed by atoms with Crippen LogP contribution in [0.15, 0.2) is 60.9 Å². The molecule has 0 saturated heterocycles. The van der Waals surface area contributed by atoms with E-state index in [4.69, 9.17) is 22.3 Å². The summed E-state index contributed by atoms with van der Waals surface area (Å²) < 4.78 is 0. The van der Waals surface area contributed by atoms with Gasteiger partial charge in [-0.1, -0.05) is 18.2 Å². The van der Waals surface area contributed by atoms with Crippen molar-refractivity contribution in [2.45, 2.75) is 0 Å². The van der Waals surface area contributed by atoms with Crippen LogP contribution in [0.4, 0.5) is 0 Å². The van der Waals surface area contributed by atoms with E-state index in [9.17, 15) is 0 Å². The number of nitrogens with one attached hydrogen (secondary N) is 2. The lowest BCUT2D eigenvalue weighted by atomic mass is 10.0. The molecule has 3 aromatic rings. The molecule has 0 bridgehead atoms. The predicted molar refractivity (Wildman–Crippen MR) is 94.9 cm³/mol. The predicted octanol–water partition coefficient (Wildman–Crippen LogP) is 2.38. The van der Waals surface area contributed by atoms with Crippen LogP contribution >= 0.6 is 0 Å². The Bertz CT molecular complexity index is 859. The van der Waals surface area contributed by atoms with Gasteiger partial charge in [-0.2, -0.15) is 0 Å². The summed E-state index contributed by atoms with van der Waals surface area (Å²) >= 11 is 0. The van der Waals surface area contributed by atoms with Gasteiger partial charge in [0.25, 0.3) is 0 Å². The van der Waals surface area contributed by atoms with Crippen molar-refractivity contribution in [3.8, 4) is 22.5 Å². The van der Waals surface area contributed by atoms with Crippen molar-refractivity contribution in [2.24, 2.45) is 11.5 Å². The van der Waals surface area contributed by atoms with E-state index in [-0.39, 0.29) is 11.7 Å². The number of nitrogen functional groups attached to an aromatic ring is 2. The van der Waals surface area contributed by atoms with Gasteiger partial charge in [-0.3, -0.25) is 20.8 Å². The topological polar surface area (TPSA) is 126 Å². The summed E-state index contributed by atoms with van der Waals surface area (Å²) in [5.41, 5.74) is 15.6. The number of nitrogens with two attached hydrogens (primary N) is 2. The molecule has 2 aromatic heterocycles. The highest BCUT2D eigenvalue weighted by Crippen LogP contribution is 2.25. The SMILES string of the molecule is N=C(N)c1ccnc(-c2cccc(-c3cc(C(=N)N)ccn3)c2)c1. The fraction of sp³-hybridized carbons (Fsp3) is 0. The van der Waals surface area contributed by atoms with Gasteiger partial charge >= 0.3 is 0 Å². The van der Waals surface area contributed by atoms with Gasteiger partial charge < -0.3 is 11.5 Å². The number of amidine groups is 2. The monoisotopic (exact) mass is 316 g/mol. The second-order valence-electron chi connectivity index (χ2n) is 5.27. The number of aromatic nitrogens is 2. The highest BCUT2D eigenvalue weighted by Gasteiger charge is 2.07. The molecular formula is C18H16N6. The molecule has 0 aliphatic carbocycles. The molecule has 6 heteroatoms. The standard InChI is InChI=1S/C18H16N6/c19-17(20)13-4-6-23-15(9-13)11-2-1-3-12(8-11)16-10-14(18(21)22)5-7-24-16/h1-10H,(H3,19,20)(H3,21,22). The Hall–Kier alpha value is -3.54. The molecule has 0 atom stereocenters. The molecule has 2 heterocycles. The summed E-state index contributed by atoms with van der Waals surface area (Å²) in [7, 11) is 0. The molecule has 6 N–H and O–H groups in total. The van der Waals surface area contributed by atoms with Crippen LogP contribution in [0.2, 0.25) is 0 Å². The van der Waals surface area contributed by atoms with Crippen LogP contribution in [-0.2, 0) is 0 Å². The Morgan fingerprint density at radius 3 is 1.58 bits per heavy atom. The summed E-state index contributed by atoms with van der Waals surface area (Å²) in [6, 6.07) is 14.7. The fourth-order valence-corrected chi connectivity index (χ4v) is 2.35. The average molecular weight is 316 g/mol. The van der Waals surface area contributed by atoms with Crippen molar-refractivity contribution in [3.05, 3.63) is 72.1 Å². The Balaban J connectivity index is 2.04. The van der Waals surface area contributed by atoms with Gasteiger partial charge in [-0.05, 0) is 30.3 Å². The van der Waals surface area contributed by atoms with Gasteiger partial charge in [0.2, 0.25) is 0 Å². The molecule has 0 unspecified atom stereocenters. The van der Waals surface area contributed by atoms with Crippen LogP contribution in [0.5, 0.6) is 0 Å². The third-order valence-electron chi connectivity index (χ3n) is 3.60.